The molecule has 78 valence electrons. The van der Waals surface area contributed by atoms with Gasteiger partial charge in [0.05, 0.1) is 6.42 Å². The molecule has 1 aromatic heterocycles. The first-order valence-electron chi connectivity index (χ1n) is 5.02. The maximum Gasteiger partial charge on any atom is 0.224 e. The average molecular weight is 194 g/mol. The Morgan fingerprint density at radius 2 is 2.36 bits per heavy atom. The predicted molar refractivity (Wildman–Crippen MR) is 57.0 cm³/mol. The van der Waals surface area contributed by atoms with Crippen LogP contribution < -0.4 is 5.32 Å². The Labute approximate surface area is 85.1 Å². The van der Waals surface area contributed by atoms with Crippen LogP contribution in [0, 0.1) is 0 Å². The van der Waals surface area contributed by atoms with E-state index in [0.29, 0.717) is 6.42 Å². The van der Waals surface area contributed by atoms with Gasteiger partial charge in [-0.25, -0.2) is 0 Å². The number of nitrogens with one attached hydrogen (secondary N) is 1. The second-order valence-electron chi connectivity index (χ2n) is 3.74. The van der Waals surface area contributed by atoms with E-state index in [1.807, 2.05) is 37.0 Å². The van der Waals surface area contributed by atoms with Gasteiger partial charge in [0, 0.05) is 25.5 Å². The van der Waals surface area contributed by atoms with Crippen LogP contribution >= 0.6 is 0 Å². The molecule has 0 aliphatic rings. The third-order valence-corrected chi connectivity index (χ3v) is 2.28. The topological polar surface area (TPSA) is 34.0 Å². The van der Waals surface area contributed by atoms with E-state index in [-0.39, 0.29) is 11.9 Å². The van der Waals surface area contributed by atoms with E-state index in [2.05, 4.69) is 12.2 Å². The number of carbonyl (C=O) groups is 1. The number of carbonyl (C=O) groups excluding carboxylic acids is 1. The highest BCUT2D eigenvalue weighted by atomic mass is 16.1. The summed E-state index contributed by atoms with van der Waals surface area (Å²) < 4.78 is 1.95. The first-order valence-corrected chi connectivity index (χ1v) is 5.02. The van der Waals surface area contributed by atoms with Crippen LogP contribution in [0.1, 0.15) is 25.8 Å². The lowest BCUT2D eigenvalue weighted by Crippen LogP contribution is -2.32. The molecule has 0 radical (unpaired) electrons. The van der Waals surface area contributed by atoms with E-state index in [9.17, 15) is 4.79 Å². The number of rotatable bonds is 4. The van der Waals surface area contributed by atoms with Gasteiger partial charge in [-0.05, 0) is 25.0 Å². The van der Waals surface area contributed by atoms with Crippen molar-refractivity contribution in [1.29, 1.82) is 0 Å². The second-order valence-corrected chi connectivity index (χ2v) is 3.74. The van der Waals surface area contributed by atoms with Gasteiger partial charge in [0.15, 0.2) is 0 Å². The van der Waals surface area contributed by atoms with Crippen LogP contribution in [-0.4, -0.2) is 16.5 Å². The van der Waals surface area contributed by atoms with Crippen molar-refractivity contribution in [3.05, 3.63) is 24.0 Å². The first kappa shape index (κ1) is 10.8. The van der Waals surface area contributed by atoms with Gasteiger partial charge in [-0.2, -0.15) is 0 Å². The monoisotopic (exact) mass is 194 g/mol. The van der Waals surface area contributed by atoms with E-state index in [4.69, 9.17) is 0 Å². The number of amides is 1. The molecule has 0 saturated heterocycles. The van der Waals surface area contributed by atoms with Crippen LogP contribution in [0.25, 0.3) is 0 Å². The molecule has 0 bridgehead atoms. The van der Waals surface area contributed by atoms with Gasteiger partial charge in [-0.1, -0.05) is 6.92 Å². The number of nitrogens with zero attached hydrogens (tertiary/aromatic N) is 1. The van der Waals surface area contributed by atoms with Crippen LogP contribution in [0.5, 0.6) is 0 Å². The molecule has 0 aromatic carbocycles. The van der Waals surface area contributed by atoms with Crippen LogP contribution in [0.15, 0.2) is 18.5 Å². The zero-order valence-corrected chi connectivity index (χ0v) is 9.08. The van der Waals surface area contributed by atoms with Gasteiger partial charge in [0.2, 0.25) is 5.91 Å². The first-order chi connectivity index (χ1) is 6.61. The van der Waals surface area contributed by atoms with E-state index >= 15 is 0 Å². The molecule has 0 aliphatic carbocycles. The van der Waals surface area contributed by atoms with Gasteiger partial charge in [-0.15, -0.1) is 0 Å². The van der Waals surface area contributed by atoms with Crippen molar-refractivity contribution in [1.82, 2.24) is 9.88 Å². The van der Waals surface area contributed by atoms with Crippen molar-refractivity contribution >= 4 is 5.91 Å². The molecule has 0 fully saturated rings. The predicted octanol–water partition coefficient (Wildman–Crippen LogP) is 1.48. The fourth-order valence-corrected chi connectivity index (χ4v) is 1.28. The molecule has 1 amide bonds. The van der Waals surface area contributed by atoms with E-state index < -0.39 is 0 Å². The minimum absolute atomic E-state index is 0.102. The van der Waals surface area contributed by atoms with Gasteiger partial charge >= 0.3 is 0 Å². The van der Waals surface area contributed by atoms with Crippen LogP contribution in [0.2, 0.25) is 0 Å². The highest BCUT2D eigenvalue weighted by Crippen LogP contribution is 2.01. The molecule has 1 aromatic rings. The molecule has 1 rings (SSSR count). The van der Waals surface area contributed by atoms with Crippen molar-refractivity contribution in [2.75, 3.05) is 0 Å². The number of aryl methyl sites for hydroxylation is 1. The van der Waals surface area contributed by atoms with Crippen LogP contribution in [0.3, 0.4) is 0 Å². The van der Waals surface area contributed by atoms with E-state index in [1.165, 1.54) is 0 Å². The lowest BCUT2D eigenvalue weighted by molar-refractivity contribution is -0.121. The normalized spacial score (nSPS) is 12.5. The molecule has 14 heavy (non-hydrogen) atoms. The standard InChI is InChI=1S/C11H18N2O/c1-4-9(2)12-11(14)7-10-5-6-13(3)8-10/h5-6,8-9H,4,7H2,1-3H3,(H,12,14). The molecular formula is C11H18N2O. The fraction of sp³-hybridized carbons (Fsp3) is 0.545. The maximum absolute atomic E-state index is 11.5. The smallest absolute Gasteiger partial charge is 0.224 e. The summed E-state index contributed by atoms with van der Waals surface area (Å²) >= 11 is 0. The molecule has 1 atom stereocenters. The zero-order valence-electron chi connectivity index (χ0n) is 9.08. The third-order valence-electron chi connectivity index (χ3n) is 2.28. The Morgan fingerprint density at radius 1 is 1.64 bits per heavy atom. The molecule has 1 heterocycles. The van der Waals surface area contributed by atoms with Gasteiger partial charge in [0.1, 0.15) is 0 Å². The zero-order chi connectivity index (χ0) is 10.6. The van der Waals surface area contributed by atoms with Crippen molar-refractivity contribution in [3.8, 4) is 0 Å². The van der Waals surface area contributed by atoms with Crippen LogP contribution in [-0.2, 0) is 18.3 Å². The Kier molecular flexibility index (Phi) is 3.74. The molecule has 1 unspecified atom stereocenters. The Bertz CT molecular complexity index is 304. The fourth-order valence-electron chi connectivity index (χ4n) is 1.28. The quantitative estimate of drug-likeness (QED) is 0.774. The number of hydrogen-bond acceptors (Lipinski definition) is 1. The molecular weight excluding hydrogens is 176 g/mol. The SMILES string of the molecule is CCC(C)NC(=O)Cc1ccn(C)c1. The Morgan fingerprint density at radius 3 is 2.86 bits per heavy atom. The lowest BCUT2D eigenvalue weighted by atomic mass is 10.2. The molecule has 3 heteroatoms. The van der Waals surface area contributed by atoms with Crippen molar-refractivity contribution in [2.24, 2.45) is 7.05 Å². The molecule has 1 N–H and O–H groups in total. The van der Waals surface area contributed by atoms with Crippen molar-refractivity contribution in [2.45, 2.75) is 32.7 Å². The molecule has 3 nitrogen and oxygen atoms in total. The van der Waals surface area contributed by atoms with E-state index in [0.717, 1.165) is 12.0 Å². The van der Waals surface area contributed by atoms with Crippen molar-refractivity contribution in [3.63, 3.8) is 0 Å². The minimum Gasteiger partial charge on any atom is -0.357 e. The number of aromatic nitrogens is 1. The summed E-state index contributed by atoms with van der Waals surface area (Å²) in [5.41, 5.74) is 1.06. The molecule has 0 spiro atoms. The van der Waals surface area contributed by atoms with Gasteiger partial charge < -0.3 is 9.88 Å². The van der Waals surface area contributed by atoms with Gasteiger partial charge in [0.25, 0.3) is 0 Å². The number of hydrogen-bond donors (Lipinski definition) is 1. The second kappa shape index (κ2) is 4.84. The Hall–Kier alpha value is -1.25. The highest BCUT2D eigenvalue weighted by molar-refractivity contribution is 5.78. The summed E-state index contributed by atoms with van der Waals surface area (Å²) in [7, 11) is 1.95. The maximum atomic E-state index is 11.5. The lowest BCUT2D eigenvalue weighted by Gasteiger charge is -2.10. The van der Waals surface area contributed by atoms with Crippen LogP contribution in [0.4, 0.5) is 0 Å². The largest absolute Gasteiger partial charge is 0.357 e. The highest BCUT2D eigenvalue weighted by Gasteiger charge is 2.06. The summed E-state index contributed by atoms with van der Waals surface area (Å²) in [5, 5.41) is 2.94. The summed E-state index contributed by atoms with van der Waals surface area (Å²) in [5.74, 6) is 0.102. The summed E-state index contributed by atoms with van der Waals surface area (Å²) in [6, 6.07) is 2.24. The van der Waals surface area contributed by atoms with E-state index in [1.54, 1.807) is 0 Å². The third kappa shape index (κ3) is 3.24. The average Bonchev–Trinajstić information content (AvgIpc) is 2.50. The van der Waals surface area contributed by atoms with Gasteiger partial charge in [-0.3, -0.25) is 4.79 Å². The Balaban J connectivity index is 2.41. The van der Waals surface area contributed by atoms with Crippen molar-refractivity contribution < 1.29 is 4.79 Å². The summed E-state index contributed by atoms with van der Waals surface area (Å²) in [6.07, 6.45) is 5.37. The summed E-state index contributed by atoms with van der Waals surface area (Å²) in [6.45, 7) is 4.08. The summed E-state index contributed by atoms with van der Waals surface area (Å²) in [4.78, 5) is 11.5. The minimum atomic E-state index is 0.102. The molecule has 0 saturated carbocycles. The molecule has 0 aliphatic heterocycles.